The summed E-state index contributed by atoms with van der Waals surface area (Å²) >= 11 is 5.82. The van der Waals surface area contributed by atoms with E-state index >= 15 is 0 Å². The Labute approximate surface area is 167 Å². The molecule has 144 valence electrons. The summed E-state index contributed by atoms with van der Waals surface area (Å²) in [6.45, 7) is 2.17. The molecule has 0 radical (unpaired) electrons. The molecule has 1 saturated heterocycles. The van der Waals surface area contributed by atoms with Crippen LogP contribution in [0.3, 0.4) is 0 Å². The van der Waals surface area contributed by atoms with Gasteiger partial charge in [-0.15, -0.1) is 0 Å². The van der Waals surface area contributed by atoms with Gasteiger partial charge in [0.15, 0.2) is 0 Å². The van der Waals surface area contributed by atoms with Gasteiger partial charge in [0.1, 0.15) is 11.6 Å². The maximum absolute atomic E-state index is 13.9. The van der Waals surface area contributed by atoms with E-state index in [0.717, 1.165) is 42.4 Å². The fraction of sp³-hybridized carbons (Fsp3) is 0.286. The molecular formula is C21H20ClFN4O. The quantitative estimate of drug-likeness (QED) is 0.712. The number of piperidine rings is 1. The molecule has 3 aromatic rings. The van der Waals surface area contributed by atoms with Crippen molar-refractivity contribution in [2.75, 3.05) is 18.4 Å². The van der Waals surface area contributed by atoms with E-state index in [0.29, 0.717) is 17.4 Å². The van der Waals surface area contributed by atoms with Crippen LogP contribution in [0.4, 0.5) is 10.2 Å². The van der Waals surface area contributed by atoms with Crippen LogP contribution in [0.1, 0.15) is 18.4 Å². The molecule has 28 heavy (non-hydrogen) atoms. The molecule has 0 unspecified atom stereocenters. The Morgan fingerprint density at radius 1 is 1.21 bits per heavy atom. The fourth-order valence-corrected chi connectivity index (χ4v) is 3.73. The number of carbonyl (C=O) groups excluding carboxylic acids is 1. The number of carbonyl (C=O) groups is 1. The number of halogens is 2. The van der Waals surface area contributed by atoms with Gasteiger partial charge in [0.05, 0.1) is 10.5 Å². The summed E-state index contributed by atoms with van der Waals surface area (Å²) in [6, 6.07) is 10.1. The lowest BCUT2D eigenvalue weighted by Crippen LogP contribution is -2.37. The first-order valence-electron chi connectivity index (χ1n) is 9.26. The Hall–Kier alpha value is -2.57. The molecule has 2 aromatic heterocycles. The molecular weight excluding hydrogens is 379 g/mol. The van der Waals surface area contributed by atoms with Crippen LogP contribution in [0, 0.1) is 11.7 Å². The molecule has 1 N–H and O–H groups in total. The number of pyridine rings is 2. The maximum Gasteiger partial charge on any atom is 0.228 e. The van der Waals surface area contributed by atoms with Crippen molar-refractivity contribution in [1.29, 1.82) is 0 Å². The third-order valence-corrected chi connectivity index (χ3v) is 5.30. The molecule has 1 amide bonds. The monoisotopic (exact) mass is 398 g/mol. The molecule has 7 heteroatoms. The standard InChI is InChI=1S/C21H20ClFN4O/c22-17-3-4-19(25-12-17)26-21(28)14-5-8-27(9-6-14)13-16-11-18(23)10-15-2-1-7-24-20(15)16/h1-4,7,10-12,14H,5-6,8-9,13H2,(H,25,26,28). The second kappa shape index (κ2) is 8.20. The van der Waals surface area contributed by atoms with Gasteiger partial charge in [-0.2, -0.15) is 0 Å². The highest BCUT2D eigenvalue weighted by Gasteiger charge is 2.25. The number of nitrogens with one attached hydrogen (secondary N) is 1. The molecule has 1 aliphatic rings. The van der Waals surface area contributed by atoms with Crippen LogP contribution >= 0.6 is 11.6 Å². The Morgan fingerprint density at radius 2 is 2.04 bits per heavy atom. The number of hydrogen-bond donors (Lipinski definition) is 1. The van der Waals surface area contributed by atoms with E-state index in [-0.39, 0.29) is 17.6 Å². The zero-order valence-electron chi connectivity index (χ0n) is 15.2. The fourth-order valence-electron chi connectivity index (χ4n) is 3.62. The van der Waals surface area contributed by atoms with Gasteiger partial charge in [-0.05, 0) is 61.8 Å². The lowest BCUT2D eigenvalue weighted by atomic mass is 9.95. The number of nitrogens with zero attached hydrogens (tertiary/aromatic N) is 3. The van der Waals surface area contributed by atoms with Crippen molar-refractivity contribution in [2.45, 2.75) is 19.4 Å². The van der Waals surface area contributed by atoms with Gasteiger partial charge in [-0.1, -0.05) is 17.7 Å². The lowest BCUT2D eigenvalue weighted by molar-refractivity contribution is -0.121. The normalized spacial score (nSPS) is 15.6. The van der Waals surface area contributed by atoms with Gasteiger partial charge in [0.2, 0.25) is 5.91 Å². The second-order valence-corrected chi connectivity index (χ2v) is 7.48. The SMILES string of the molecule is O=C(Nc1ccc(Cl)cn1)C1CCN(Cc2cc(F)cc3cccnc23)CC1. The number of aromatic nitrogens is 2. The zero-order chi connectivity index (χ0) is 19.5. The third kappa shape index (κ3) is 4.29. The highest BCUT2D eigenvalue weighted by Crippen LogP contribution is 2.24. The van der Waals surface area contributed by atoms with Crippen molar-refractivity contribution >= 4 is 34.2 Å². The van der Waals surface area contributed by atoms with E-state index in [9.17, 15) is 9.18 Å². The number of benzene rings is 1. The minimum Gasteiger partial charge on any atom is -0.310 e. The summed E-state index contributed by atoms with van der Waals surface area (Å²) in [4.78, 5) is 23.2. The molecule has 0 spiro atoms. The highest BCUT2D eigenvalue weighted by molar-refractivity contribution is 6.30. The largest absolute Gasteiger partial charge is 0.310 e. The van der Waals surface area contributed by atoms with Gasteiger partial charge in [-0.3, -0.25) is 14.7 Å². The molecule has 0 atom stereocenters. The number of anilines is 1. The summed E-state index contributed by atoms with van der Waals surface area (Å²) in [5.41, 5.74) is 1.71. The number of fused-ring (bicyclic) bond motifs is 1. The maximum atomic E-state index is 13.9. The van der Waals surface area contributed by atoms with Crippen molar-refractivity contribution in [3.63, 3.8) is 0 Å². The van der Waals surface area contributed by atoms with Crippen LogP contribution in [0.5, 0.6) is 0 Å². The summed E-state index contributed by atoms with van der Waals surface area (Å²) in [5.74, 6) is 0.179. The molecule has 0 bridgehead atoms. The molecule has 5 nitrogen and oxygen atoms in total. The molecule has 0 aliphatic carbocycles. The Morgan fingerprint density at radius 3 is 2.79 bits per heavy atom. The molecule has 1 aliphatic heterocycles. The van der Waals surface area contributed by atoms with Crippen LogP contribution in [0.25, 0.3) is 10.9 Å². The summed E-state index contributed by atoms with van der Waals surface area (Å²) in [5, 5.41) is 4.19. The Balaban J connectivity index is 1.37. The van der Waals surface area contributed by atoms with Crippen LogP contribution in [0.2, 0.25) is 5.02 Å². The molecule has 3 heterocycles. The first kappa shape index (κ1) is 18.8. The predicted octanol–water partition coefficient (Wildman–Crippen LogP) is 4.27. The summed E-state index contributed by atoms with van der Waals surface area (Å²) < 4.78 is 13.9. The van der Waals surface area contributed by atoms with Gasteiger partial charge < -0.3 is 5.32 Å². The van der Waals surface area contributed by atoms with Crippen LogP contribution < -0.4 is 5.32 Å². The first-order chi connectivity index (χ1) is 13.6. The van der Waals surface area contributed by atoms with Gasteiger partial charge in [0.25, 0.3) is 0 Å². The second-order valence-electron chi connectivity index (χ2n) is 7.04. The van der Waals surface area contributed by atoms with E-state index in [1.54, 1.807) is 24.4 Å². The highest BCUT2D eigenvalue weighted by atomic mass is 35.5. The van der Waals surface area contributed by atoms with Crippen LogP contribution in [-0.2, 0) is 11.3 Å². The van der Waals surface area contributed by atoms with E-state index < -0.39 is 0 Å². The summed E-state index contributed by atoms with van der Waals surface area (Å²) in [7, 11) is 0. The topological polar surface area (TPSA) is 58.1 Å². The van der Waals surface area contributed by atoms with Crippen molar-refractivity contribution in [2.24, 2.45) is 5.92 Å². The van der Waals surface area contributed by atoms with Crippen LogP contribution in [0.15, 0.2) is 48.8 Å². The van der Waals surface area contributed by atoms with Crippen molar-refractivity contribution in [3.8, 4) is 0 Å². The van der Waals surface area contributed by atoms with Gasteiger partial charge in [-0.25, -0.2) is 9.37 Å². The van der Waals surface area contributed by atoms with Gasteiger partial charge >= 0.3 is 0 Å². The lowest BCUT2D eigenvalue weighted by Gasteiger charge is -2.31. The average molecular weight is 399 g/mol. The van der Waals surface area contributed by atoms with E-state index in [2.05, 4.69) is 20.2 Å². The van der Waals surface area contributed by atoms with Crippen molar-refractivity contribution in [3.05, 3.63) is 65.2 Å². The smallest absolute Gasteiger partial charge is 0.228 e. The first-order valence-corrected chi connectivity index (χ1v) is 9.64. The number of likely N-dealkylation sites (tertiary alicyclic amines) is 1. The van der Waals surface area contributed by atoms with Crippen molar-refractivity contribution < 1.29 is 9.18 Å². The van der Waals surface area contributed by atoms with E-state index in [4.69, 9.17) is 11.6 Å². The third-order valence-electron chi connectivity index (χ3n) is 5.08. The molecule has 1 aromatic carbocycles. The van der Waals surface area contributed by atoms with E-state index in [1.807, 2.05) is 12.1 Å². The molecule has 0 saturated carbocycles. The Kier molecular flexibility index (Phi) is 5.50. The Bertz CT molecular complexity index is 987. The number of amides is 1. The predicted molar refractivity (Wildman–Crippen MR) is 108 cm³/mol. The number of hydrogen-bond acceptors (Lipinski definition) is 4. The molecule has 4 rings (SSSR count). The zero-order valence-corrected chi connectivity index (χ0v) is 16.0. The van der Waals surface area contributed by atoms with E-state index in [1.165, 1.54) is 12.3 Å². The van der Waals surface area contributed by atoms with Crippen LogP contribution in [-0.4, -0.2) is 33.9 Å². The summed E-state index contributed by atoms with van der Waals surface area (Å²) in [6.07, 6.45) is 4.74. The minimum atomic E-state index is -0.250. The van der Waals surface area contributed by atoms with Crippen molar-refractivity contribution in [1.82, 2.24) is 14.9 Å². The van der Waals surface area contributed by atoms with Gasteiger partial charge in [0, 0.05) is 30.2 Å². The molecule has 1 fully saturated rings. The number of rotatable bonds is 4. The average Bonchev–Trinajstić information content (AvgIpc) is 2.70. The minimum absolute atomic E-state index is 0.0210.